The second-order valence-electron chi connectivity index (χ2n) is 3.27. The van der Waals surface area contributed by atoms with Crippen LogP contribution in [0.1, 0.15) is 12.0 Å². The molecule has 8 heteroatoms. The summed E-state index contributed by atoms with van der Waals surface area (Å²) in [5.74, 6) is -1.66. The summed E-state index contributed by atoms with van der Waals surface area (Å²) in [4.78, 5) is 3.29. The maximum Gasteiger partial charge on any atom is 0.423 e. The van der Waals surface area contributed by atoms with Crippen LogP contribution in [0.4, 0.5) is 17.6 Å². The molecular weight excluding hydrogens is 262 g/mol. The summed E-state index contributed by atoms with van der Waals surface area (Å²) in [6.07, 6.45) is -7.72. The largest absolute Gasteiger partial charge is 0.437 e. The fourth-order valence-electron chi connectivity index (χ4n) is 1.21. The van der Waals surface area contributed by atoms with Gasteiger partial charge in [-0.1, -0.05) is 0 Å². The lowest BCUT2D eigenvalue weighted by Gasteiger charge is -2.09. The molecule has 1 N–H and O–H groups in total. The van der Waals surface area contributed by atoms with Gasteiger partial charge in [0.2, 0.25) is 12.0 Å². The second kappa shape index (κ2) is 3.88. The van der Waals surface area contributed by atoms with E-state index in [-0.39, 0.29) is 16.0 Å². The number of halogens is 4. The zero-order chi connectivity index (χ0) is 12.8. The Morgan fingerprint density at radius 2 is 2.00 bits per heavy atom. The number of fused-ring (bicyclic) bond motifs is 1. The van der Waals surface area contributed by atoms with Crippen LogP contribution < -0.4 is 0 Å². The number of rotatable bonds is 1. The number of aromatic nitrogens is 1. The van der Waals surface area contributed by atoms with Gasteiger partial charge in [-0.25, -0.2) is 9.37 Å². The molecule has 2 rings (SSSR count). The molecule has 1 aromatic heterocycles. The van der Waals surface area contributed by atoms with E-state index < -0.39 is 24.0 Å². The lowest BCUT2D eigenvalue weighted by molar-refractivity contribution is -0.212. The Morgan fingerprint density at radius 3 is 2.59 bits per heavy atom. The van der Waals surface area contributed by atoms with Crippen LogP contribution >= 0.6 is 12.6 Å². The van der Waals surface area contributed by atoms with Crippen molar-refractivity contribution in [3.05, 3.63) is 23.8 Å². The van der Waals surface area contributed by atoms with E-state index >= 15 is 0 Å². The van der Waals surface area contributed by atoms with Crippen LogP contribution in [0, 0.1) is 5.82 Å². The van der Waals surface area contributed by atoms with Gasteiger partial charge in [0.15, 0.2) is 5.58 Å². The highest BCUT2D eigenvalue weighted by atomic mass is 32.1. The van der Waals surface area contributed by atoms with Gasteiger partial charge >= 0.3 is 6.18 Å². The van der Waals surface area contributed by atoms with Gasteiger partial charge < -0.3 is 9.52 Å². The van der Waals surface area contributed by atoms with Crippen LogP contribution in [0.15, 0.2) is 21.4 Å². The van der Waals surface area contributed by atoms with Crippen LogP contribution in [0.2, 0.25) is 0 Å². The Kier molecular flexibility index (Phi) is 2.78. The second-order valence-corrected chi connectivity index (χ2v) is 3.75. The Bertz CT molecular complexity index is 527. The van der Waals surface area contributed by atoms with Gasteiger partial charge in [0, 0.05) is 11.0 Å². The third kappa shape index (κ3) is 2.22. The highest BCUT2D eigenvalue weighted by Crippen LogP contribution is 2.34. The van der Waals surface area contributed by atoms with E-state index in [1.54, 1.807) is 0 Å². The molecule has 17 heavy (non-hydrogen) atoms. The van der Waals surface area contributed by atoms with Crippen molar-refractivity contribution in [2.24, 2.45) is 0 Å². The predicted octanol–water partition coefficient (Wildman–Crippen LogP) is 2.85. The lowest BCUT2D eigenvalue weighted by atomic mass is 10.3. The van der Waals surface area contributed by atoms with Gasteiger partial charge in [0.1, 0.15) is 11.3 Å². The number of thiol groups is 1. The standard InChI is InChI=1S/C9H5F4NO2S/c10-3-1-4-5(2-6(3)17)16-8(14-4)7(15)9(11,12)13/h1-2,7,15,17H. The SMILES string of the molecule is OC(c1nc2cc(F)c(S)cc2o1)C(F)(F)F. The van der Waals surface area contributed by atoms with Gasteiger partial charge in [0.05, 0.1) is 0 Å². The van der Waals surface area contributed by atoms with Gasteiger partial charge in [-0.05, 0) is 6.07 Å². The lowest BCUT2D eigenvalue weighted by Crippen LogP contribution is -2.20. The highest BCUT2D eigenvalue weighted by molar-refractivity contribution is 7.80. The van der Waals surface area contributed by atoms with E-state index in [1.165, 1.54) is 0 Å². The van der Waals surface area contributed by atoms with E-state index in [0.29, 0.717) is 0 Å². The van der Waals surface area contributed by atoms with Crippen LogP contribution in [-0.4, -0.2) is 16.3 Å². The molecule has 1 heterocycles. The normalized spacial score (nSPS) is 14.2. The minimum absolute atomic E-state index is 0.0744. The molecule has 0 aliphatic heterocycles. The van der Waals surface area contributed by atoms with Crippen molar-refractivity contribution >= 4 is 23.7 Å². The summed E-state index contributed by atoms with van der Waals surface area (Å²) in [6.45, 7) is 0. The first-order chi connectivity index (χ1) is 7.79. The van der Waals surface area contributed by atoms with Crippen molar-refractivity contribution in [2.75, 3.05) is 0 Å². The van der Waals surface area contributed by atoms with Crippen molar-refractivity contribution in [1.82, 2.24) is 4.98 Å². The summed E-state index contributed by atoms with van der Waals surface area (Å²) in [5, 5.41) is 8.90. The molecule has 0 amide bonds. The Morgan fingerprint density at radius 1 is 1.35 bits per heavy atom. The first-order valence-electron chi connectivity index (χ1n) is 4.33. The van der Waals surface area contributed by atoms with Gasteiger partial charge in [-0.2, -0.15) is 13.2 Å². The van der Waals surface area contributed by atoms with Crippen LogP contribution in [0.3, 0.4) is 0 Å². The summed E-state index contributed by atoms with van der Waals surface area (Å²) in [6, 6.07) is 1.97. The molecule has 3 nitrogen and oxygen atoms in total. The molecule has 0 saturated carbocycles. The maximum atomic E-state index is 13.1. The van der Waals surface area contributed by atoms with Gasteiger partial charge in [-0.15, -0.1) is 12.6 Å². The monoisotopic (exact) mass is 267 g/mol. The first-order valence-corrected chi connectivity index (χ1v) is 4.77. The van der Waals surface area contributed by atoms with E-state index in [2.05, 4.69) is 17.6 Å². The van der Waals surface area contributed by atoms with E-state index in [1.807, 2.05) is 0 Å². The number of hydrogen-bond donors (Lipinski definition) is 2. The third-order valence-electron chi connectivity index (χ3n) is 2.02. The number of alkyl halides is 3. The number of nitrogens with zero attached hydrogens (tertiary/aromatic N) is 1. The van der Waals surface area contributed by atoms with Crippen LogP contribution in [0.25, 0.3) is 11.1 Å². The summed E-state index contributed by atoms with van der Waals surface area (Å²) in [5.41, 5.74) is -0.187. The molecule has 92 valence electrons. The molecule has 0 saturated heterocycles. The Hall–Kier alpha value is -1.28. The Balaban J connectivity index is 2.52. The van der Waals surface area contributed by atoms with E-state index in [0.717, 1.165) is 12.1 Å². The van der Waals surface area contributed by atoms with Crippen molar-refractivity contribution < 1.29 is 27.1 Å². The molecule has 0 radical (unpaired) electrons. The molecule has 0 spiro atoms. The van der Waals surface area contributed by atoms with Crippen LogP contribution in [-0.2, 0) is 0 Å². The summed E-state index contributed by atoms with van der Waals surface area (Å²) in [7, 11) is 0. The molecule has 0 aliphatic rings. The quantitative estimate of drug-likeness (QED) is 0.617. The minimum Gasteiger partial charge on any atom is -0.437 e. The molecule has 2 aromatic rings. The smallest absolute Gasteiger partial charge is 0.423 e. The van der Waals surface area contributed by atoms with Crippen molar-refractivity contribution in [3.63, 3.8) is 0 Å². The summed E-state index contributed by atoms with van der Waals surface area (Å²) < 4.78 is 54.3. The molecule has 1 unspecified atom stereocenters. The van der Waals surface area contributed by atoms with E-state index in [4.69, 9.17) is 9.52 Å². The van der Waals surface area contributed by atoms with Crippen molar-refractivity contribution in [2.45, 2.75) is 17.2 Å². The zero-order valence-electron chi connectivity index (χ0n) is 7.99. The Labute approximate surface area is 97.5 Å². The fraction of sp³-hybridized carbons (Fsp3) is 0.222. The average Bonchev–Trinajstić information content (AvgIpc) is 2.59. The maximum absolute atomic E-state index is 13.1. The molecule has 1 atom stereocenters. The van der Waals surface area contributed by atoms with Crippen molar-refractivity contribution in [3.8, 4) is 0 Å². The highest BCUT2D eigenvalue weighted by Gasteiger charge is 2.43. The van der Waals surface area contributed by atoms with Gasteiger partial charge in [0.25, 0.3) is 0 Å². The minimum atomic E-state index is -4.89. The van der Waals surface area contributed by atoms with E-state index in [9.17, 15) is 17.6 Å². The summed E-state index contributed by atoms with van der Waals surface area (Å²) >= 11 is 3.74. The number of oxazole rings is 1. The van der Waals surface area contributed by atoms with Gasteiger partial charge in [-0.3, -0.25) is 0 Å². The molecule has 0 bridgehead atoms. The topological polar surface area (TPSA) is 46.3 Å². The molecule has 1 aromatic carbocycles. The molecule has 0 aliphatic carbocycles. The first kappa shape index (κ1) is 12.2. The number of aliphatic hydroxyl groups excluding tert-OH is 1. The zero-order valence-corrected chi connectivity index (χ0v) is 8.89. The number of hydrogen-bond acceptors (Lipinski definition) is 4. The number of aliphatic hydroxyl groups is 1. The van der Waals surface area contributed by atoms with Crippen molar-refractivity contribution in [1.29, 1.82) is 0 Å². The predicted molar refractivity (Wildman–Crippen MR) is 52.2 cm³/mol. The number of benzene rings is 1. The van der Waals surface area contributed by atoms with Crippen LogP contribution in [0.5, 0.6) is 0 Å². The molecular formula is C9H5F4NO2S. The average molecular weight is 267 g/mol. The third-order valence-corrected chi connectivity index (χ3v) is 2.36. The molecule has 0 fully saturated rings. The fourth-order valence-corrected chi connectivity index (χ4v) is 1.39.